The Hall–Kier alpha value is -8.35. The summed E-state index contributed by atoms with van der Waals surface area (Å²) in [6, 6.07) is 67.4. The number of benzene rings is 9. The van der Waals surface area contributed by atoms with Gasteiger partial charge in [-0.25, -0.2) is 15.0 Å². The van der Waals surface area contributed by atoms with Crippen LogP contribution < -0.4 is 0 Å². The van der Waals surface area contributed by atoms with Crippen LogP contribution in [0.4, 0.5) is 0 Å². The Balaban J connectivity index is 1.16. The summed E-state index contributed by atoms with van der Waals surface area (Å²) in [7, 11) is 0. The monoisotopic (exact) mass is 780 g/mol. The maximum Gasteiger partial charge on any atom is 0.170 e. The van der Waals surface area contributed by atoms with Crippen LogP contribution in [0.15, 0.2) is 203 Å². The van der Waals surface area contributed by atoms with Crippen molar-refractivity contribution in [2.24, 2.45) is 0 Å². The van der Waals surface area contributed by atoms with Crippen molar-refractivity contribution in [1.82, 2.24) is 19.5 Å². The molecule has 284 valence electrons. The van der Waals surface area contributed by atoms with Gasteiger partial charge in [0.15, 0.2) is 17.5 Å². The molecule has 0 N–H and O–H groups in total. The van der Waals surface area contributed by atoms with Crippen LogP contribution in [0.25, 0.3) is 127 Å². The first-order chi connectivity index (χ1) is 30.2. The van der Waals surface area contributed by atoms with Gasteiger partial charge in [0, 0.05) is 37.9 Å². The fourth-order valence-electron chi connectivity index (χ4n) is 9.22. The fraction of sp³-hybridized carbons (Fsp3) is 0. The van der Waals surface area contributed by atoms with E-state index < -0.39 is 0 Å². The predicted molar refractivity (Wildman–Crippen MR) is 248 cm³/mol. The topological polar surface area (TPSA) is 69.9 Å². The number of fused-ring (bicyclic) bond motifs is 10. The van der Waals surface area contributed by atoms with Gasteiger partial charge < -0.3 is 13.4 Å². The van der Waals surface area contributed by atoms with Gasteiger partial charge in [0.05, 0.1) is 27.8 Å². The van der Waals surface area contributed by atoms with Crippen molar-refractivity contribution in [2.45, 2.75) is 0 Å². The molecule has 0 aliphatic heterocycles. The van der Waals surface area contributed by atoms with Gasteiger partial charge in [-0.2, -0.15) is 0 Å². The smallest absolute Gasteiger partial charge is 0.170 e. The third kappa shape index (κ3) is 5.19. The quantitative estimate of drug-likeness (QED) is 0.174. The lowest BCUT2D eigenvalue weighted by Gasteiger charge is -2.15. The average Bonchev–Trinajstić information content (AvgIpc) is 4.00. The molecule has 0 fully saturated rings. The molecule has 4 heterocycles. The third-order valence-corrected chi connectivity index (χ3v) is 12.0. The molecular formula is C55H32N4O2. The van der Waals surface area contributed by atoms with Crippen LogP contribution in [0.2, 0.25) is 0 Å². The highest BCUT2D eigenvalue weighted by Gasteiger charge is 2.26. The molecule has 13 aromatic rings. The molecule has 0 radical (unpaired) electrons. The van der Waals surface area contributed by atoms with Gasteiger partial charge >= 0.3 is 0 Å². The average molecular weight is 781 g/mol. The van der Waals surface area contributed by atoms with Gasteiger partial charge in [-0.15, -0.1) is 0 Å². The second-order valence-electron chi connectivity index (χ2n) is 15.5. The molecule has 0 bridgehead atoms. The summed E-state index contributed by atoms with van der Waals surface area (Å²) in [6.07, 6.45) is 0. The predicted octanol–water partition coefficient (Wildman–Crippen LogP) is 14.6. The third-order valence-electron chi connectivity index (χ3n) is 12.0. The van der Waals surface area contributed by atoms with Gasteiger partial charge in [0.25, 0.3) is 0 Å². The molecule has 0 aliphatic carbocycles. The molecular weight excluding hydrogens is 749 g/mol. The van der Waals surface area contributed by atoms with Gasteiger partial charge in [-0.3, -0.25) is 0 Å². The van der Waals surface area contributed by atoms with Crippen molar-refractivity contribution in [3.63, 3.8) is 0 Å². The molecule has 0 spiro atoms. The Morgan fingerprint density at radius 2 is 0.934 bits per heavy atom. The lowest BCUT2D eigenvalue weighted by molar-refractivity contribution is 0.669. The Morgan fingerprint density at radius 1 is 0.344 bits per heavy atom. The Labute approximate surface area is 348 Å². The largest absolute Gasteiger partial charge is 0.455 e. The summed E-state index contributed by atoms with van der Waals surface area (Å²) in [4.78, 5) is 16.2. The van der Waals surface area contributed by atoms with Crippen LogP contribution in [0.3, 0.4) is 0 Å². The number of nitrogens with zero attached hydrogens (tertiary/aromatic N) is 4. The Morgan fingerprint density at radius 3 is 1.75 bits per heavy atom. The van der Waals surface area contributed by atoms with E-state index in [4.69, 9.17) is 23.8 Å². The summed E-state index contributed by atoms with van der Waals surface area (Å²) in [5, 5.41) is 8.71. The van der Waals surface area contributed by atoms with Crippen LogP contribution in [-0.2, 0) is 0 Å². The summed E-state index contributed by atoms with van der Waals surface area (Å²) in [5.74, 6) is 1.53. The molecule has 13 rings (SSSR count). The van der Waals surface area contributed by atoms with E-state index >= 15 is 0 Å². The first-order valence-electron chi connectivity index (χ1n) is 20.4. The van der Waals surface area contributed by atoms with E-state index in [0.717, 1.165) is 99.0 Å². The van der Waals surface area contributed by atoms with E-state index in [0.29, 0.717) is 23.1 Å². The maximum atomic E-state index is 6.92. The van der Waals surface area contributed by atoms with Crippen molar-refractivity contribution in [3.8, 4) is 51.0 Å². The summed E-state index contributed by atoms with van der Waals surface area (Å²) in [6.45, 7) is 0. The van der Waals surface area contributed by atoms with Crippen LogP contribution in [0, 0.1) is 0 Å². The standard InChI is InChI=1S/C55H32N4O2/c1-2-14-33(15-3-1)34-18-12-19-37(30-34)53-56-54(43-24-13-23-41-39-21-7-10-26-48(39)60-51(41)43)58-55(57-53)50-46(29-28-42-40-22-8-11-27-49(40)61-52(42)50)59-45-25-9-6-20-38(45)44-31-35-16-4-5-17-36(35)32-47(44)59/h1-32H. The van der Waals surface area contributed by atoms with Crippen molar-refractivity contribution in [1.29, 1.82) is 0 Å². The van der Waals surface area contributed by atoms with Gasteiger partial charge in [-0.05, 0) is 76.5 Å². The van der Waals surface area contributed by atoms with E-state index in [-0.39, 0.29) is 0 Å². The molecule has 0 saturated heterocycles. The molecule has 6 nitrogen and oxygen atoms in total. The van der Waals surface area contributed by atoms with E-state index in [1.807, 2.05) is 48.5 Å². The van der Waals surface area contributed by atoms with E-state index in [2.05, 4.69) is 150 Å². The molecule has 0 unspecified atom stereocenters. The van der Waals surface area contributed by atoms with E-state index in [1.54, 1.807) is 0 Å². The zero-order valence-electron chi connectivity index (χ0n) is 32.6. The molecule has 61 heavy (non-hydrogen) atoms. The number of rotatable bonds is 5. The SMILES string of the molecule is c1ccc(-c2cccc(-c3nc(-c4cccc5c4oc4ccccc45)nc(-c4c(-n5c6ccccc6c6cc7ccccc7cc65)ccc5c4oc4ccccc45)n3)c2)cc1. The minimum atomic E-state index is 0.490. The molecule has 0 amide bonds. The molecule has 0 atom stereocenters. The summed E-state index contributed by atoms with van der Waals surface area (Å²) >= 11 is 0. The van der Waals surface area contributed by atoms with Crippen LogP contribution >= 0.6 is 0 Å². The second-order valence-corrected chi connectivity index (χ2v) is 15.5. The lowest BCUT2D eigenvalue weighted by Crippen LogP contribution is -2.04. The molecule has 0 aliphatic rings. The molecule has 6 heteroatoms. The van der Waals surface area contributed by atoms with E-state index in [1.165, 1.54) is 5.39 Å². The lowest BCUT2D eigenvalue weighted by atomic mass is 10.0. The van der Waals surface area contributed by atoms with Crippen molar-refractivity contribution in [3.05, 3.63) is 194 Å². The number of hydrogen-bond donors (Lipinski definition) is 0. The van der Waals surface area contributed by atoms with Gasteiger partial charge in [-0.1, -0.05) is 140 Å². The Bertz CT molecular complexity index is 3900. The zero-order valence-corrected chi connectivity index (χ0v) is 32.6. The first kappa shape index (κ1) is 33.6. The van der Waals surface area contributed by atoms with Crippen LogP contribution in [0.5, 0.6) is 0 Å². The Kier molecular flexibility index (Phi) is 7.21. The van der Waals surface area contributed by atoms with Crippen LogP contribution in [0.1, 0.15) is 0 Å². The van der Waals surface area contributed by atoms with Gasteiger partial charge in [0.2, 0.25) is 0 Å². The number of para-hydroxylation sites is 4. The normalized spacial score (nSPS) is 11.9. The van der Waals surface area contributed by atoms with Crippen molar-refractivity contribution in [2.75, 3.05) is 0 Å². The summed E-state index contributed by atoms with van der Waals surface area (Å²) < 4.78 is 15.9. The minimum Gasteiger partial charge on any atom is -0.455 e. The highest BCUT2D eigenvalue weighted by Crippen LogP contribution is 2.44. The summed E-state index contributed by atoms with van der Waals surface area (Å²) in [5.41, 5.74) is 10.7. The highest BCUT2D eigenvalue weighted by molar-refractivity contribution is 6.16. The van der Waals surface area contributed by atoms with Crippen LogP contribution in [-0.4, -0.2) is 19.5 Å². The molecule has 4 aromatic heterocycles. The van der Waals surface area contributed by atoms with Crippen molar-refractivity contribution >= 4 is 76.5 Å². The second kappa shape index (κ2) is 13.1. The maximum absolute atomic E-state index is 6.92. The number of furan rings is 2. The van der Waals surface area contributed by atoms with Gasteiger partial charge in [0.1, 0.15) is 22.3 Å². The first-order valence-corrected chi connectivity index (χ1v) is 20.4. The fourth-order valence-corrected chi connectivity index (χ4v) is 9.22. The molecule has 9 aromatic carbocycles. The molecule has 0 saturated carbocycles. The zero-order chi connectivity index (χ0) is 40.0. The number of aromatic nitrogens is 4. The number of hydrogen-bond acceptors (Lipinski definition) is 5. The highest BCUT2D eigenvalue weighted by atomic mass is 16.3. The van der Waals surface area contributed by atoms with E-state index in [9.17, 15) is 0 Å². The minimum absolute atomic E-state index is 0.490. The van der Waals surface area contributed by atoms with Crippen molar-refractivity contribution < 1.29 is 8.83 Å².